The molecule has 0 spiro atoms. The number of rotatable bonds is 5. The minimum absolute atomic E-state index is 0.125. The molecule has 0 aliphatic carbocycles. The Morgan fingerprint density at radius 3 is 2.19 bits per heavy atom. The second-order valence-corrected chi connectivity index (χ2v) is 4.56. The molecule has 1 aromatic rings. The molecule has 0 saturated carbocycles. The van der Waals surface area contributed by atoms with E-state index in [0.717, 1.165) is 12.0 Å². The van der Waals surface area contributed by atoms with Crippen LogP contribution in [-0.2, 0) is 16.8 Å². The van der Waals surface area contributed by atoms with E-state index in [4.69, 9.17) is 4.74 Å². The highest BCUT2D eigenvalue weighted by Crippen LogP contribution is 2.30. The first-order valence-electron chi connectivity index (χ1n) is 5.85. The summed E-state index contributed by atoms with van der Waals surface area (Å²) in [6.07, 6.45) is 1.02. The van der Waals surface area contributed by atoms with E-state index in [1.165, 1.54) is 5.56 Å². The zero-order valence-corrected chi connectivity index (χ0v) is 10.7. The average Bonchev–Trinajstić information content (AvgIpc) is 2.29. The summed E-state index contributed by atoms with van der Waals surface area (Å²) in [5.41, 5.74) is 1.33. The van der Waals surface area contributed by atoms with Crippen LogP contribution in [0.2, 0.25) is 0 Å². The predicted molar refractivity (Wildman–Crippen MR) is 66.4 cm³/mol. The van der Waals surface area contributed by atoms with Gasteiger partial charge in [-0.05, 0) is 23.5 Å². The highest BCUT2D eigenvalue weighted by molar-refractivity contribution is 5.27. The van der Waals surface area contributed by atoms with Crippen LogP contribution < -0.4 is 0 Å². The van der Waals surface area contributed by atoms with Gasteiger partial charge in [-0.1, -0.05) is 45.0 Å². The van der Waals surface area contributed by atoms with Crippen LogP contribution in [0.5, 0.6) is 0 Å². The van der Waals surface area contributed by atoms with Crippen molar-refractivity contribution in [3.8, 4) is 0 Å². The largest absolute Gasteiger partial charge is 0.382 e. The molecule has 0 aliphatic heterocycles. The van der Waals surface area contributed by atoms with E-state index < -0.39 is 5.60 Å². The van der Waals surface area contributed by atoms with Gasteiger partial charge in [0.15, 0.2) is 0 Å². The normalized spacial score (nSPS) is 15.1. The lowest BCUT2D eigenvalue weighted by atomic mass is 9.83. The van der Waals surface area contributed by atoms with E-state index in [0.29, 0.717) is 6.61 Å². The van der Waals surface area contributed by atoms with Crippen LogP contribution in [0.3, 0.4) is 0 Å². The summed E-state index contributed by atoms with van der Waals surface area (Å²) in [7, 11) is 1.62. The number of methoxy groups -OCH3 is 1. The molecule has 0 saturated heterocycles. The summed E-state index contributed by atoms with van der Waals surface area (Å²) in [5, 5.41) is 10.6. The average molecular weight is 222 g/mol. The molecule has 1 atom stereocenters. The molecule has 90 valence electrons. The van der Waals surface area contributed by atoms with E-state index in [9.17, 15) is 5.11 Å². The van der Waals surface area contributed by atoms with Gasteiger partial charge in [-0.15, -0.1) is 0 Å². The van der Waals surface area contributed by atoms with E-state index in [1.807, 2.05) is 26.0 Å². The van der Waals surface area contributed by atoms with Crippen molar-refractivity contribution in [1.29, 1.82) is 0 Å². The van der Waals surface area contributed by atoms with Crippen LogP contribution >= 0.6 is 0 Å². The Bertz CT molecular complexity index is 316. The van der Waals surface area contributed by atoms with Gasteiger partial charge in [-0.3, -0.25) is 0 Å². The molecule has 0 aliphatic rings. The molecule has 16 heavy (non-hydrogen) atoms. The van der Waals surface area contributed by atoms with E-state index in [1.54, 1.807) is 7.11 Å². The molecular formula is C14H22O2. The second-order valence-electron chi connectivity index (χ2n) is 4.56. The first-order valence-corrected chi connectivity index (χ1v) is 5.85. The predicted octanol–water partition coefficient (Wildman–Crippen LogP) is 2.74. The van der Waals surface area contributed by atoms with Gasteiger partial charge in [-0.2, -0.15) is 0 Å². The van der Waals surface area contributed by atoms with Gasteiger partial charge in [0.2, 0.25) is 0 Å². The molecular weight excluding hydrogens is 200 g/mol. The van der Waals surface area contributed by atoms with Crippen molar-refractivity contribution in [3.63, 3.8) is 0 Å². The molecule has 0 fully saturated rings. The summed E-state index contributed by atoms with van der Waals surface area (Å²) in [6, 6.07) is 8.13. The number of hydrogen-bond acceptors (Lipinski definition) is 2. The standard InChI is InChI=1S/C14H22O2/c1-5-12-6-8-13(9-7-12)14(15,10-16-4)11(2)3/h6-9,11,15H,5,10H2,1-4H3. The minimum Gasteiger partial charge on any atom is -0.382 e. The van der Waals surface area contributed by atoms with E-state index in [2.05, 4.69) is 19.1 Å². The maximum atomic E-state index is 10.6. The lowest BCUT2D eigenvalue weighted by molar-refractivity contribution is -0.0700. The fraction of sp³-hybridized carbons (Fsp3) is 0.571. The van der Waals surface area contributed by atoms with Gasteiger partial charge in [0, 0.05) is 7.11 Å². The summed E-state index contributed by atoms with van der Waals surface area (Å²) >= 11 is 0. The van der Waals surface area contributed by atoms with Crippen LogP contribution in [0, 0.1) is 5.92 Å². The van der Waals surface area contributed by atoms with Crippen molar-refractivity contribution in [2.75, 3.05) is 13.7 Å². The fourth-order valence-corrected chi connectivity index (χ4v) is 1.83. The maximum Gasteiger partial charge on any atom is 0.115 e. The van der Waals surface area contributed by atoms with Crippen LogP contribution in [0.25, 0.3) is 0 Å². The minimum atomic E-state index is -0.888. The van der Waals surface area contributed by atoms with Crippen molar-refractivity contribution in [3.05, 3.63) is 35.4 Å². The summed E-state index contributed by atoms with van der Waals surface area (Å²) < 4.78 is 5.13. The number of aryl methyl sites for hydroxylation is 1. The lowest BCUT2D eigenvalue weighted by Crippen LogP contribution is -2.36. The van der Waals surface area contributed by atoms with Gasteiger partial charge in [0.05, 0.1) is 6.61 Å². The third kappa shape index (κ3) is 2.63. The molecule has 0 heterocycles. The number of hydrogen-bond donors (Lipinski definition) is 1. The molecule has 0 radical (unpaired) electrons. The first kappa shape index (κ1) is 13.2. The number of benzene rings is 1. The second kappa shape index (κ2) is 5.46. The van der Waals surface area contributed by atoms with Gasteiger partial charge in [0.25, 0.3) is 0 Å². The first-order chi connectivity index (χ1) is 7.54. The highest BCUT2D eigenvalue weighted by atomic mass is 16.5. The van der Waals surface area contributed by atoms with Crippen molar-refractivity contribution in [2.45, 2.75) is 32.8 Å². The summed E-state index contributed by atoms with van der Waals surface area (Å²) in [6.45, 7) is 6.47. The zero-order chi connectivity index (χ0) is 12.2. The van der Waals surface area contributed by atoms with E-state index >= 15 is 0 Å². The van der Waals surface area contributed by atoms with Crippen LogP contribution in [0.15, 0.2) is 24.3 Å². The molecule has 1 aromatic carbocycles. The Balaban J connectivity index is 3.01. The third-order valence-corrected chi connectivity index (χ3v) is 3.18. The molecule has 1 rings (SSSR count). The van der Waals surface area contributed by atoms with Crippen LogP contribution in [-0.4, -0.2) is 18.8 Å². The molecule has 2 nitrogen and oxygen atoms in total. The Labute approximate surface area is 98.3 Å². The van der Waals surface area contributed by atoms with Crippen LogP contribution in [0.1, 0.15) is 31.9 Å². The monoisotopic (exact) mass is 222 g/mol. The molecule has 0 bridgehead atoms. The van der Waals surface area contributed by atoms with Gasteiger partial charge >= 0.3 is 0 Å². The SMILES string of the molecule is CCc1ccc(C(O)(COC)C(C)C)cc1. The Morgan fingerprint density at radius 2 is 1.81 bits per heavy atom. The van der Waals surface area contributed by atoms with Gasteiger partial charge < -0.3 is 9.84 Å². The van der Waals surface area contributed by atoms with Crippen molar-refractivity contribution in [1.82, 2.24) is 0 Å². The number of ether oxygens (including phenoxy) is 1. The fourth-order valence-electron chi connectivity index (χ4n) is 1.83. The number of aliphatic hydroxyl groups is 1. The lowest BCUT2D eigenvalue weighted by Gasteiger charge is -2.32. The Morgan fingerprint density at radius 1 is 1.25 bits per heavy atom. The summed E-state index contributed by atoms with van der Waals surface area (Å²) in [5.74, 6) is 0.125. The van der Waals surface area contributed by atoms with Crippen LogP contribution in [0.4, 0.5) is 0 Å². The molecule has 1 unspecified atom stereocenters. The quantitative estimate of drug-likeness (QED) is 0.830. The zero-order valence-electron chi connectivity index (χ0n) is 10.7. The molecule has 0 amide bonds. The maximum absolute atomic E-state index is 10.6. The molecule has 1 N–H and O–H groups in total. The molecule has 2 heteroatoms. The molecule has 0 aromatic heterocycles. The summed E-state index contributed by atoms with van der Waals surface area (Å²) in [4.78, 5) is 0. The van der Waals surface area contributed by atoms with E-state index in [-0.39, 0.29) is 5.92 Å². The Kier molecular flexibility index (Phi) is 4.51. The smallest absolute Gasteiger partial charge is 0.115 e. The van der Waals surface area contributed by atoms with Crippen molar-refractivity contribution in [2.24, 2.45) is 5.92 Å². The topological polar surface area (TPSA) is 29.5 Å². The Hall–Kier alpha value is -0.860. The van der Waals surface area contributed by atoms with Crippen molar-refractivity contribution < 1.29 is 9.84 Å². The van der Waals surface area contributed by atoms with Gasteiger partial charge in [0.1, 0.15) is 5.60 Å². The third-order valence-electron chi connectivity index (χ3n) is 3.18. The highest BCUT2D eigenvalue weighted by Gasteiger charge is 2.32. The van der Waals surface area contributed by atoms with Crippen molar-refractivity contribution >= 4 is 0 Å². The van der Waals surface area contributed by atoms with Gasteiger partial charge in [-0.25, -0.2) is 0 Å².